The van der Waals surface area contributed by atoms with Crippen LogP contribution in [-0.4, -0.2) is 48.1 Å². The number of hydrogen-bond donors (Lipinski definition) is 2. The number of benzene rings is 1. The summed E-state index contributed by atoms with van der Waals surface area (Å²) in [6.45, 7) is 3.31. The van der Waals surface area contributed by atoms with E-state index in [9.17, 15) is 0 Å². The number of nitrogens with one attached hydrogen (secondary N) is 2. The molecule has 1 aliphatic heterocycles. The molecule has 0 spiro atoms. The van der Waals surface area contributed by atoms with Crippen LogP contribution >= 0.6 is 11.3 Å². The van der Waals surface area contributed by atoms with E-state index in [-0.39, 0.29) is 0 Å². The molecule has 7 rings (SSSR count). The van der Waals surface area contributed by atoms with Gasteiger partial charge in [0.05, 0.1) is 17.2 Å². The Balaban J connectivity index is 1.28. The number of H-pyrrole nitrogens is 2. The van der Waals surface area contributed by atoms with Gasteiger partial charge in [-0.25, -0.2) is 4.98 Å². The van der Waals surface area contributed by atoms with Crippen molar-refractivity contribution in [3.8, 4) is 33.8 Å². The molecule has 0 saturated carbocycles. The second-order valence-electron chi connectivity index (χ2n) is 9.08. The summed E-state index contributed by atoms with van der Waals surface area (Å²) >= 11 is 1.67. The first-order chi connectivity index (χ1) is 17.3. The Labute approximate surface area is 205 Å². The highest BCUT2D eigenvalue weighted by atomic mass is 32.1. The lowest BCUT2D eigenvalue weighted by Gasteiger charge is -2.14. The molecule has 6 aromatic rings. The van der Waals surface area contributed by atoms with Crippen molar-refractivity contribution in [3.63, 3.8) is 0 Å². The number of fused-ring (bicyclic) bond motifs is 2. The quantitative estimate of drug-likeness (QED) is 0.323. The Morgan fingerprint density at radius 3 is 2.69 bits per heavy atom. The molecular formula is C27H23N7S. The minimum atomic E-state index is 0.730. The van der Waals surface area contributed by atoms with E-state index in [1.165, 1.54) is 31.5 Å². The molecule has 8 heteroatoms. The molecule has 0 bridgehead atoms. The van der Waals surface area contributed by atoms with Crippen LogP contribution in [0.3, 0.4) is 0 Å². The molecule has 0 amide bonds. The first-order valence-corrected chi connectivity index (χ1v) is 12.8. The van der Waals surface area contributed by atoms with E-state index >= 15 is 0 Å². The van der Waals surface area contributed by atoms with Crippen molar-refractivity contribution in [2.45, 2.75) is 19.4 Å². The third-order valence-corrected chi connectivity index (χ3v) is 7.43. The zero-order valence-corrected chi connectivity index (χ0v) is 19.8. The predicted octanol–water partition coefficient (Wildman–Crippen LogP) is 5.89. The van der Waals surface area contributed by atoms with Gasteiger partial charge in [0.15, 0.2) is 5.82 Å². The molecule has 1 fully saturated rings. The Bertz CT molecular complexity index is 1640. The van der Waals surface area contributed by atoms with Crippen LogP contribution in [0.25, 0.3) is 55.7 Å². The third kappa shape index (κ3) is 3.71. The lowest BCUT2D eigenvalue weighted by atomic mass is 10.0. The van der Waals surface area contributed by atoms with Crippen LogP contribution in [0.2, 0.25) is 0 Å². The van der Waals surface area contributed by atoms with Crippen LogP contribution in [0.5, 0.6) is 0 Å². The molecular weight excluding hydrogens is 454 g/mol. The van der Waals surface area contributed by atoms with Gasteiger partial charge in [0.25, 0.3) is 0 Å². The van der Waals surface area contributed by atoms with Gasteiger partial charge in [-0.05, 0) is 77.6 Å². The van der Waals surface area contributed by atoms with E-state index in [0.29, 0.717) is 0 Å². The number of pyridine rings is 2. The monoisotopic (exact) mass is 477 g/mol. The standard InChI is InChI=1S/C27H23N7S/c1-2-7-34(6-1)15-17-9-20(12-28-11-17)18-3-4-23-21(10-18)26(33-32-23)27-30-24-14-29-13-22(25(24)31-27)19-5-8-35-16-19/h3-5,8-14,16H,1-2,6-7,15H2,(H,30,31)(H,32,33). The maximum Gasteiger partial charge on any atom is 0.159 e. The van der Waals surface area contributed by atoms with E-state index in [0.717, 1.165) is 62.3 Å². The lowest BCUT2D eigenvalue weighted by molar-refractivity contribution is 0.331. The normalized spacial score (nSPS) is 14.4. The van der Waals surface area contributed by atoms with E-state index in [1.807, 2.05) is 24.8 Å². The van der Waals surface area contributed by atoms with E-state index < -0.39 is 0 Å². The van der Waals surface area contributed by atoms with Gasteiger partial charge in [-0.3, -0.25) is 20.0 Å². The van der Waals surface area contributed by atoms with Gasteiger partial charge < -0.3 is 4.98 Å². The number of nitrogens with zero attached hydrogens (tertiary/aromatic N) is 5. The summed E-state index contributed by atoms with van der Waals surface area (Å²) < 4.78 is 0. The minimum Gasteiger partial charge on any atom is -0.335 e. The molecule has 5 aromatic heterocycles. The number of hydrogen-bond acceptors (Lipinski definition) is 6. The van der Waals surface area contributed by atoms with Crippen molar-refractivity contribution in [2.24, 2.45) is 0 Å². The maximum atomic E-state index is 4.94. The number of rotatable bonds is 5. The zero-order chi connectivity index (χ0) is 23.2. The van der Waals surface area contributed by atoms with E-state index in [4.69, 9.17) is 4.98 Å². The molecule has 0 radical (unpaired) electrons. The summed E-state index contributed by atoms with van der Waals surface area (Å²) in [5.74, 6) is 0.730. The Morgan fingerprint density at radius 2 is 1.80 bits per heavy atom. The Morgan fingerprint density at radius 1 is 0.886 bits per heavy atom. The van der Waals surface area contributed by atoms with E-state index in [1.54, 1.807) is 11.3 Å². The molecule has 2 N–H and O–H groups in total. The average molecular weight is 478 g/mol. The average Bonchev–Trinajstić information content (AvgIpc) is 3.70. The molecule has 1 aromatic carbocycles. The number of aromatic amines is 2. The highest BCUT2D eigenvalue weighted by Gasteiger charge is 2.17. The van der Waals surface area contributed by atoms with Crippen LogP contribution in [0.1, 0.15) is 18.4 Å². The van der Waals surface area contributed by atoms with Crippen LogP contribution in [-0.2, 0) is 6.54 Å². The first kappa shape index (κ1) is 20.5. The number of imidazole rings is 1. The Kier molecular flexibility index (Phi) is 4.92. The summed E-state index contributed by atoms with van der Waals surface area (Å²) in [5.41, 5.74) is 9.21. The number of likely N-dealkylation sites (tertiary alicyclic amines) is 1. The van der Waals surface area contributed by atoms with Gasteiger partial charge in [-0.2, -0.15) is 16.4 Å². The van der Waals surface area contributed by atoms with Gasteiger partial charge in [-0.1, -0.05) is 6.07 Å². The third-order valence-electron chi connectivity index (χ3n) is 6.75. The molecule has 172 valence electrons. The number of thiophene rings is 1. The summed E-state index contributed by atoms with van der Waals surface area (Å²) in [6.07, 6.45) is 10.2. The highest BCUT2D eigenvalue weighted by Crippen LogP contribution is 2.33. The summed E-state index contributed by atoms with van der Waals surface area (Å²) in [6, 6.07) is 10.7. The highest BCUT2D eigenvalue weighted by molar-refractivity contribution is 7.08. The lowest BCUT2D eigenvalue weighted by Crippen LogP contribution is -2.18. The zero-order valence-electron chi connectivity index (χ0n) is 19.0. The van der Waals surface area contributed by atoms with Gasteiger partial charge in [0, 0.05) is 41.6 Å². The smallest absolute Gasteiger partial charge is 0.159 e. The van der Waals surface area contributed by atoms with Crippen molar-refractivity contribution in [1.29, 1.82) is 0 Å². The van der Waals surface area contributed by atoms with Crippen molar-refractivity contribution >= 4 is 33.3 Å². The fourth-order valence-corrected chi connectivity index (χ4v) is 5.63. The summed E-state index contributed by atoms with van der Waals surface area (Å²) in [5, 5.41) is 13.0. The largest absolute Gasteiger partial charge is 0.335 e. The van der Waals surface area contributed by atoms with Crippen molar-refractivity contribution in [3.05, 3.63) is 71.4 Å². The molecule has 1 aliphatic rings. The summed E-state index contributed by atoms with van der Waals surface area (Å²) in [7, 11) is 0. The van der Waals surface area contributed by atoms with Crippen LogP contribution in [0.4, 0.5) is 0 Å². The molecule has 6 heterocycles. The van der Waals surface area contributed by atoms with Gasteiger partial charge in [0.1, 0.15) is 11.2 Å². The number of aromatic nitrogens is 6. The van der Waals surface area contributed by atoms with Gasteiger partial charge >= 0.3 is 0 Å². The van der Waals surface area contributed by atoms with Crippen LogP contribution < -0.4 is 0 Å². The topological polar surface area (TPSA) is 86.4 Å². The maximum absolute atomic E-state index is 4.94. The van der Waals surface area contributed by atoms with E-state index in [2.05, 4.69) is 71.1 Å². The van der Waals surface area contributed by atoms with Crippen molar-refractivity contribution in [2.75, 3.05) is 13.1 Å². The fourth-order valence-electron chi connectivity index (χ4n) is 4.98. The second kappa shape index (κ2) is 8.41. The molecule has 0 aliphatic carbocycles. The fraction of sp³-hybridized carbons (Fsp3) is 0.185. The molecule has 7 nitrogen and oxygen atoms in total. The van der Waals surface area contributed by atoms with Gasteiger partial charge in [0.2, 0.25) is 0 Å². The molecule has 0 atom stereocenters. The molecule has 0 unspecified atom stereocenters. The SMILES string of the molecule is c1cc(-c2cncc3[nH]c(-c4n[nH]c5ccc(-c6cncc(CN7CCCC7)c6)cc45)nc23)cs1. The summed E-state index contributed by atoms with van der Waals surface area (Å²) in [4.78, 5) is 19.8. The predicted molar refractivity (Wildman–Crippen MR) is 140 cm³/mol. The van der Waals surface area contributed by atoms with Crippen LogP contribution in [0, 0.1) is 0 Å². The molecule has 35 heavy (non-hydrogen) atoms. The van der Waals surface area contributed by atoms with Gasteiger partial charge in [-0.15, -0.1) is 0 Å². The minimum absolute atomic E-state index is 0.730. The molecule has 1 saturated heterocycles. The Hall–Kier alpha value is -3.88. The second-order valence-corrected chi connectivity index (χ2v) is 9.86. The first-order valence-electron chi connectivity index (χ1n) is 11.8. The van der Waals surface area contributed by atoms with Crippen LogP contribution in [0.15, 0.2) is 65.9 Å². The van der Waals surface area contributed by atoms with Crippen molar-refractivity contribution < 1.29 is 0 Å². The van der Waals surface area contributed by atoms with Crippen molar-refractivity contribution in [1.82, 2.24) is 35.0 Å².